The average Bonchev–Trinajstić information content (AvgIpc) is 2.70. The van der Waals surface area contributed by atoms with Crippen LogP contribution in [0.5, 0.6) is 5.75 Å². The van der Waals surface area contributed by atoms with Gasteiger partial charge in [0.15, 0.2) is 0 Å². The highest BCUT2D eigenvalue weighted by Gasteiger charge is 2.34. The van der Waals surface area contributed by atoms with Crippen LogP contribution in [-0.2, 0) is 4.79 Å². The summed E-state index contributed by atoms with van der Waals surface area (Å²) in [4.78, 5) is 11.7. The van der Waals surface area contributed by atoms with Crippen molar-refractivity contribution in [3.8, 4) is 5.75 Å². The predicted molar refractivity (Wildman–Crippen MR) is 82.8 cm³/mol. The maximum absolute atomic E-state index is 11.7. The molecule has 19 heavy (non-hydrogen) atoms. The highest BCUT2D eigenvalue weighted by atomic mass is 32.2. The monoisotopic (exact) mass is 295 g/mol. The van der Waals surface area contributed by atoms with Gasteiger partial charge in [0, 0.05) is 12.3 Å². The third-order valence-corrected chi connectivity index (χ3v) is 9.26. The highest BCUT2D eigenvalue weighted by molar-refractivity contribution is 7.98. The molecule has 0 atom stereocenters. The Bertz CT molecular complexity index is 425. The van der Waals surface area contributed by atoms with Gasteiger partial charge in [-0.1, -0.05) is 43.2 Å². The van der Waals surface area contributed by atoms with E-state index in [0.717, 1.165) is 5.75 Å². The second kappa shape index (κ2) is 6.59. The number of carbonyl (C=O) groups excluding carboxylic acids is 1. The molecule has 0 unspecified atom stereocenters. The molecule has 0 spiro atoms. The van der Waals surface area contributed by atoms with Gasteiger partial charge in [-0.3, -0.25) is 8.77 Å². The number of hydrogen-bond donors (Lipinski definition) is 0. The fourth-order valence-corrected chi connectivity index (χ4v) is 6.95. The SMILES string of the molecule is C[Si]1(C)CCCN1SCCC(=O)Oc1ccccc1. The number of esters is 1. The van der Waals surface area contributed by atoms with Gasteiger partial charge in [-0.2, -0.15) is 0 Å². The minimum atomic E-state index is -1.17. The van der Waals surface area contributed by atoms with E-state index in [9.17, 15) is 4.79 Å². The van der Waals surface area contributed by atoms with E-state index in [-0.39, 0.29) is 5.97 Å². The number of carbonyl (C=O) groups is 1. The van der Waals surface area contributed by atoms with Crippen LogP contribution in [0.15, 0.2) is 30.3 Å². The van der Waals surface area contributed by atoms with Crippen LogP contribution in [0.1, 0.15) is 12.8 Å². The van der Waals surface area contributed by atoms with Crippen LogP contribution in [0.2, 0.25) is 19.1 Å². The van der Waals surface area contributed by atoms with Crippen LogP contribution in [0, 0.1) is 0 Å². The predicted octanol–water partition coefficient (Wildman–Crippen LogP) is 3.54. The summed E-state index contributed by atoms with van der Waals surface area (Å²) in [7, 11) is -1.17. The molecule has 1 aromatic carbocycles. The van der Waals surface area contributed by atoms with Gasteiger partial charge in [0.1, 0.15) is 14.0 Å². The molecule has 1 aliphatic rings. The van der Waals surface area contributed by atoms with Crippen molar-refractivity contribution in [1.29, 1.82) is 0 Å². The molecule has 104 valence electrons. The summed E-state index contributed by atoms with van der Waals surface area (Å²) in [6.07, 6.45) is 1.78. The number of hydrogen-bond acceptors (Lipinski definition) is 4. The molecule has 0 aliphatic carbocycles. The molecule has 1 aliphatic heterocycles. The Kier molecular flexibility index (Phi) is 5.07. The largest absolute Gasteiger partial charge is 0.427 e. The standard InChI is InChI=1S/C14H21NO2SSi/c1-19(2)12-6-10-15(19)18-11-9-14(16)17-13-7-4-3-5-8-13/h3-5,7-8H,6,9-12H2,1-2H3. The van der Waals surface area contributed by atoms with Gasteiger partial charge in [0.2, 0.25) is 0 Å². The third-order valence-electron chi connectivity index (χ3n) is 3.35. The minimum Gasteiger partial charge on any atom is -0.427 e. The lowest BCUT2D eigenvalue weighted by Gasteiger charge is -2.28. The van der Waals surface area contributed by atoms with Crippen molar-refractivity contribution in [2.75, 3.05) is 12.3 Å². The lowest BCUT2D eigenvalue weighted by molar-refractivity contribution is -0.133. The summed E-state index contributed by atoms with van der Waals surface area (Å²) < 4.78 is 7.80. The molecular formula is C14H21NO2SSi. The molecule has 0 amide bonds. The fourth-order valence-electron chi connectivity index (χ4n) is 2.23. The normalized spacial score (nSPS) is 18.4. The number of ether oxygens (including phenoxy) is 1. The summed E-state index contributed by atoms with van der Waals surface area (Å²) in [5, 5.41) is 0. The Morgan fingerprint density at radius 3 is 2.74 bits per heavy atom. The van der Waals surface area contributed by atoms with Crippen molar-refractivity contribution < 1.29 is 9.53 Å². The van der Waals surface area contributed by atoms with Gasteiger partial charge < -0.3 is 4.74 Å². The van der Waals surface area contributed by atoms with Crippen LogP contribution in [0.3, 0.4) is 0 Å². The summed E-state index contributed by atoms with van der Waals surface area (Å²) in [5.41, 5.74) is 0. The van der Waals surface area contributed by atoms with Gasteiger partial charge in [-0.15, -0.1) is 0 Å². The lowest BCUT2D eigenvalue weighted by Crippen LogP contribution is -2.38. The zero-order chi connectivity index (χ0) is 13.7. The second-order valence-electron chi connectivity index (χ2n) is 5.39. The molecular weight excluding hydrogens is 274 g/mol. The van der Waals surface area contributed by atoms with Crippen LogP contribution in [0.4, 0.5) is 0 Å². The topological polar surface area (TPSA) is 29.5 Å². The summed E-state index contributed by atoms with van der Waals surface area (Å²) in [5.74, 6) is 1.31. The Hall–Kier alpha value is -0.783. The van der Waals surface area contributed by atoms with Gasteiger partial charge in [0.25, 0.3) is 0 Å². The Balaban J connectivity index is 1.70. The van der Waals surface area contributed by atoms with Crippen molar-refractivity contribution in [2.24, 2.45) is 0 Å². The first kappa shape index (κ1) is 14.6. The van der Waals surface area contributed by atoms with Gasteiger partial charge >= 0.3 is 5.97 Å². The van der Waals surface area contributed by atoms with Gasteiger partial charge in [-0.05, 0) is 24.6 Å². The molecule has 0 bridgehead atoms. The first-order valence-corrected chi connectivity index (χ1v) is 10.8. The number of nitrogens with zero attached hydrogens (tertiary/aromatic N) is 1. The molecule has 1 aromatic rings. The minimum absolute atomic E-state index is 0.141. The van der Waals surface area contributed by atoms with Crippen LogP contribution < -0.4 is 4.74 Å². The maximum atomic E-state index is 11.7. The van der Waals surface area contributed by atoms with Crippen molar-refractivity contribution in [2.45, 2.75) is 32.0 Å². The van der Waals surface area contributed by atoms with Crippen molar-refractivity contribution in [3.05, 3.63) is 30.3 Å². The van der Waals surface area contributed by atoms with E-state index in [1.807, 2.05) is 42.3 Å². The Labute approximate surface area is 120 Å². The Morgan fingerprint density at radius 1 is 1.37 bits per heavy atom. The lowest BCUT2D eigenvalue weighted by atomic mass is 10.3. The van der Waals surface area contributed by atoms with E-state index in [2.05, 4.69) is 17.1 Å². The molecule has 1 saturated heterocycles. The quantitative estimate of drug-likeness (QED) is 0.360. The summed E-state index contributed by atoms with van der Waals surface area (Å²) >= 11 is 1.82. The molecule has 0 radical (unpaired) electrons. The average molecular weight is 295 g/mol. The van der Waals surface area contributed by atoms with Gasteiger partial charge in [-0.25, -0.2) is 0 Å². The molecule has 2 rings (SSSR count). The number of benzene rings is 1. The van der Waals surface area contributed by atoms with Crippen LogP contribution >= 0.6 is 11.9 Å². The van der Waals surface area contributed by atoms with E-state index in [1.54, 1.807) is 0 Å². The number of rotatable bonds is 5. The fraction of sp³-hybridized carbons (Fsp3) is 0.500. The first-order chi connectivity index (χ1) is 9.08. The van der Waals surface area contributed by atoms with E-state index >= 15 is 0 Å². The molecule has 1 heterocycles. The molecule has 0 aromatic heterocycles. The highest BCUT2D eigenvalue weighted by Crippen LogP contribution is 2.32. The zero-order valence-electron chi connectivity index (χ0n) is 11.6. The van der Waals surface area contributed by atoms with E-state index < -0.39 is 8.24 Å². The zero-order valence-corrected chi connectivity index (χ0v) is 13.4. The smallest absolute Gasteiger partial charge is 0.312 e. The van der Waals surface area contributed by atoms with Crippen molar-refractivity contribution in [1.82, 2.24) is 3.97 Å². The number of para-hydroxylation sites is 1. The van der Waals surface area contributed by atoms with Crippen LogP contribution in [0.25, 0.3) is 0 Å². The summed E-state index contributed by atoms with van der Waals surface area (Å²) in [6, 6.07) is 10.6. The molecule has 1 fully saturated rings. The molecule has 5 heteroatoms. The Morgan fingerprint density at radius 2 is 2.11 bits per heavy atom. The van der Waals surface area contributed by atoms with Crippen molar-refractivity contribution >= 4 is 26.2 Å². The summed E-state index contributed by atoms with van der Waals surface area (Å²) in [6.45, 7) is 5.97. The third kappa shape index (κ3) is 4.37. The van der Waals surface area contributed by atoms with E-state index in [4.69, 9.17) is 4.74 Å². The van der Waals surface area contributed by atoms with Crippen LogP contribution in [-0.4, -0.2) is 30.5 Å². The van der Waals surface area contributed by atoms with Crippen molar-refractivity contribution in [3.63, 3.8) is 0 Å². The maximum Gasteiger partial charge on any atom is 0.312 e. The second-order valence-corrected chi connectivity index (χ2v) is 11.5. The van der Waals surface area contributed by atoms with E-state index in [1.165, 1.54) is 19.0 Å². The van der Waals surface area contributed by atoms with E-state index in [0.29, 0.717) is 12.2 Å². The molecule has 3 nitrogen and oxygen atoms in total. The first-order valence-electron chi connectivity index (χ1n) is 6.74. The van der Waals surface area contributed by atoms with Gasteiger partial charge in [0.05, 0.1) is 6.42 Å². The molecule has 0 N–H and O–H groups in total. The molecule has 0 saturated carbocycles.